The summed E-state index contributed by atoms with van der Waals surface area (Å²) in [7, 11) is 0. The number of hydrogen-bond acceptors (Lipinski definition) is 2. The van der Waals surface area contributed by atoms with Gasteiger partial charge >= 0.3 is 5.97 Å². The van der Waals surface area contributed by atoms with Gasteiger partial charge in [0.1, 0.15) is 5.60 Å². The van der Waals surface area contributed by atoms with Crippen LogP contribution in [-0.2, 0) is 9.53 Å². The van der Waals surface area contributed by atoms with E-state index in [1.54, 1.807) is 0 Å². The Morgan fingerprint density at radius 2 is 1.80 bits per heavy atom. The minimum atomic E-state index is -0.350. The predicted octanol–water partition coefficient (Wildman–Crippen LogP) is 3.16. The molecule has 0 saturated carbocycles. The van der Waals surface area contributed by atoms with Crippen molar-refractivity contribution >= 4 is 57.4 Å². The van der Waals surface area contributed by atoms with Gasteiger partial charge in [0.15, 0.2) is 0 Å². The molecule has 85 valence electrons. The molecular weight excluding hydrogens is 215 g/mol. The summed E-state index contributed by atoms with van der Waals surface area (Å²) in [5, 5.41) is 0. The van der Waals surface area contributed by atoms with E-state index >= 15 is 0 Å². The smallest absolute Gasteiger partial charge is 0.309 e. The van der Waals surface area contributed by atoms with E-state index < -0.39 is 0 Å². The maximum atomic E-state index is 11.7. The maximum Gasteiger partial charge on any atom is 0.309 e. The monoisotopic (exact) mass is 239 g/mol. The van der Waals surface area contributed by atoms with Crippen LogP contribution in [0.15, 0.2) is 0 Å². The summed E-state index contributed by atoms with van der Waals surface area (Å²) in [6, 6.07) is 0. The first-order valence-electron chi connectivity index (χ1n) is 5.63. The summed E-state index contributed by atoms with van der Waals surface area (Å²) in [5.41, 5.74) is -0.350. The molecule has 0 heterocycles. The molecule has 0 aliphatic carbocycles. The van der Waals surface area contributed by atoms with Gasteiger partial charge in [0, 0.05) is 51.4 Å². The van der Waals surface area contributed by atoms with E-state index in [4.69, 9.17) is 4.74 Å². The standard InChI is InChI=1S/C12H24O2.K/c1-6-8-9-10(7-2)11(13)14-12(3,4)5;/h10H,6-9H2,1-5H3;. The summed E-state index contributed by atoms with van der Waals surface area (Å²) >= 11 is 0. The van der Waals surface area contributed by atoms with E-state index in [2.05, 4.69) is 6.92 Å². The number of hydrogen-bond donors (Lipinski definition) is 0. The molecule has 0 aliphatic heterocycles. The van der Waals surface area contributed by atoms with E-state index in [9.17, 15) is 4.79 Å². The summed E-state index contributed by atoms with van der Waals surface area (Å²) in [6.45, 7) is 9.93. The molecule has 0 fully saturated rings. The topological polar surface area (TPSA) is 26.3 Å². The van der Waals surface area contributed by atoms with Gasteiger partial charge in [-0.3, -0.25) is 4.79 Å². The van der Waals surface area contributed by atoms with E-state index in [1.807, 2.05) is 27.7 Å². The predicted molar refractivity (Wildman–Crippen MR) is 64.9 cm³/mol. The van der Waals surface area contributed by atoms with Crippen LogP contribution in [0, 0.1) is 5.92 Å². The zero-order valence-electron chi connectivity index (χ0n) is 11.2. The van der Waals surface area contributed by atoms with Gasteiger partial charge in [-0.1, -0.05) is 26.7 Å². The van der Waals surface area contributed by atoms with Crippen LogP contribution in [-0.4, -0.2) is 63.0 Å². The maximum absolute atomic E-state index is 11.7. The molecule has 3 heteroatoms. The molecular formula is C12H24KO2. The average molecular weight is 239 g/mol. The van der Waals surface area contributed by atoms with Gasteiger partial charge in [-0.2, -0.15) is 0 Å². The quantitative estimate of drug-likeness (QED) is 0.544. The molecule has 1 unspecified atom stereocenters. The van der Waals surface area contributed by atoms with Gasteiger partial charge in [0.05, 0.1) is 5.92 Å². The van der Waals surface area contributed by atoms with Gasteiger partial charge in [0.25, 0.3) is 0 Å². The van der Waals surface area contributed by atoms with Crippen molar-refractivity contribution in [2.45, 2.75) is 65.9 Å². The van der Waals surface area contributed by atoms with Gasteiger partial charge < -0.3 is 4.74 Å². The molecule has 2 nitrogen and oxygen atoms in total. The first-order valence-corrected chi connectivity index (χ1v) is 5.63. The van der Waals surface area contributed by atoms with Gasteiger partial charge in [-0.05, 0) is 33.6 Å². The van der Waals surface area contributed by atoms with Crippen LogP contribution in [0.4, 0.5) is 0 Å². The third-order valence-electron chi connectivity index (χ3n) is 2.14. The molecule has 0 spiro atoms. The van der Waals surface area contributed by atoms with Gasteiger partial charge in [-0.15, -0.1) is 0 Å². The molecule has 0 aromatic carbocycles. The Hall–Kier alpha value is 1.11. The van der Waals surface area contributed by atoms with Crippen LogP contribution in [0.1, 0.15) is 60.3 Å². The van der Waals surface area contributed by atoms with Crippen LogP contribution in [0.5, 0.6) is 0 Å². The normalized spacial score (nSPS) is 12.9. The third-order valence-corrected chi connectivity index (χ3v) is 2.14. The molecule has 1 radical (unpaired) electrons. The van der Waals surface area contributed by atoms with Crippen molar-refractivity contribution in [1.82, 2.24) is 0 Å². The summed E-state index contributed by atoms with van der Waals surface area (Å²) in [6.07, 6.45) is 4.09. The van der Waals surface area contributed by atoms with Crippen molar-refractivity contribution in [2.75, 3.05) is 0 Å². The number of ether oxygens (including phenoxy) is 1. The number of rotatable bonds is 5. The van der Waals surface area contributed by atoms with Crippen molar-refractivity contribution in [2.24, 2.45) is 5.92 Å². The molecule has 0 aromatic heterocycles. The summed E-state index contributed by atoms with van der Waals surface area (Å²) in [4.78, 5) is 11.7. The van der Waals surface area contributed by atoms with E-state index in [0.29, 0.717) is 0 Å². The molecule has 0 aliphatic rings. The van der Waals surface area contributed by atoms with Crippen molar-refractivity contribution in [1.29, 1.82) is 0 Å². The number of carbonyl (C=O) groups excluding carboxylic acids is 1. The number of unbranched alkanes of at least 4 members (excludes halogenated alkanes) is 1. The van der Waals surface area contributed by atoms with Crippen molar-refractivity contribution < 1.29 is 9.53 Å². The molecule has 0 saturated heterocycles. The Kier molecular flexibility index (Phi) is 11.3. The van der Waals surface area contributed by atoms with E-state index in [0.717, 1.165) is 25.7 Å². The fourth-order valence-electron chi connectivity index (χ4n) is 1.32. The molecule has 0 amide bonds. The van der Waals surface area contributed by atoms with Crippen LogP contribution in [0.2, 0.25) is 0 Å². The van der Waals surface area contributed by atoms with Crippen LogP contribution < -0.4 is 0 Å². The van der Waals surface area contributed by atoms with Crippen LogP contribution in [0.25, 0.3) is 0 Å². The van der Waals surface area contributed by atoms with Gasteiger partial charge in [0.2, 0.25) is 0 Å². The Bertz CT molecular complexity index is 173. The Labute approximate surface area is 137 Å². The molecule has 15 heavy (non-hydrogen) atoms. The van der Waals surface area contributed by atoms with Crippen molar-refractivity contribution in [3.63, 3.8) is 0 Å². The Balaban J connectivity index is 0. The summed E-state index contributed by atoms with van der Waals surface area (Å²) < 4.78 is 5.35. The Morgan fingerprint density at radius 3 is 2.13 bits per heavy atom. The number of carbonyl (C=O) groups is 1. The van der Waals surface area contributed by atoms with E-state index in [1.165, 1.54) is 0 Å². The zero-order valence-corrected chi connectivity index (χ0v) is 14.3. The zero-order chi connectivity index (χ0) is 11.2. The molecule has 1 atom stereocenters. The van der Waals surface area contributed by atoms with Gasteiger partial charge in [-0.25, -0.2) is 0 Å². The minimum Gasteiger partial charge on any atom is -0.460 e. The average Bonchev–Trinajstić information content (AvgIpc) is 2.02. The SMILES string of the molecule is CCCCC(CC)C(=O)OC(C)(C)C.[K]. The largest absolute Gasteiger partial charge is 0.460 e. The fourth-order valence-corrected chi connectivity index (χ4v) is 1.32. The molecule has 0 bridgehead atoms. The van der Waals surface area contributed by atoms with Crippen LogP contribution >= 0.6 is 0 Å². The first kappa shape index (κ1) is 18.5. The van der Waals surface area contributed by atoms with Crippen LogP contribution in [0.3, 0.4) is 0 Å². The van der Waals surface area contributed by atoms with Crippen molar-refractivity contribution in [3.05, 3.63) is 0 Å². The fraction of sp³-hybridized carbons (Fsp3) is 0.917. The second-order valence-electron chi connectivity index (χ2n) is 4.78. The Morgan fingerprint density at radius 1 is 1.27 bits per heavy atom. The second-order valence-corrected chi connectivity index (χ2v) is 4.78. The number of esters is 1. The second kappa shape index (κ2) is 9.17. The third kappa shape index (κ3) is 10.0. The van der Waals surface area contributed by atoms with E-state index in [-0.39, 0.29) is 68.9 Å². The van der Waals surface area contributed by atoms with Crippen molar-refractivity contribution in [3.8, 4) is 0 Å². The molecule has 0 N–H and O–H groups in total. The summed E-state index contributed by atoms with van der Waals surface area (Å²) in [5.74, 6) is 0.0580. The molecule has 0 rings (SSSR count). The first-order chi connectivity index (χ1) is 6.40. The molecule has 0 aromatic rings. The minimum absolute atomic E-state index is 0.